The maximum Gasteiger partial charge on any atom is 0.258 e. The predicted octanol–water partition coefficient (Wildman–Crippen LogP) is 11.8. The SMILES string of the molecule is Cc1cc(C(=O)c2c(-c3ccccc3O[Si](C(C)C)(C(C)C)C(C)C)sc3cc(OCc4ccccc4)ccc23)ccc1CN1CCCC1. The number of para-hydroxylation sites is 1. The number of carbonyl (C=O) groups is 1. The lowest BCUT2D eigenvalue weighted by Gasteiger charge is -2.42. The highest BCUT2D eigenvalue weighted by molar-refractivity contribution is 7.22. The van der Waals surface area contributed by atoms with Gasteiger partial charge in [-0.25, -0.2) is 0 Å². The molecule has 1 saturated heterocycles. The second-order valence-electron chi connectivity index (χ2n) is 14.6. The monoisotopic (exact) mass is 689 g/mol. The third-order valence-electron chi connectivity index (χ3n) is 10.5. The van der Waals surface area contributed by atoms with Gasteiger partial charge in [0.05, 0.1) is 4.88 Å². The van der Waals surface area contributed by atoms with Crippen LogP contribution in [0.25, 0.3) is 20.5 Å². The zero-order chi connectivity index (χ0) is 34.7. The summed E-state index contributed by atoms with van der Waals surface area (Å²) in [6.45, 7) is 19.8. The minimum absolute atomic E-state index is 0.0462. The van der Waals surface area contributed by atoms with Crippen LogP contribution in [0.3, 0.4) is 0 Å². The van der Waals surface area contributed by atoms with Crippen LogP contribution in [0.5, 0.6) is 11.5 Å². The first kappa shape index (κ1) is 35.1. The van der Waals surface area contributed by atoms with Crippen molar-refractivity contribution in [3.63, 3.8) is 0 Å². The Bertz CT molecular complexity index is 1880. The molecule has 2 heterocycles. The molecule has 6 rings (SSSR count). The van der Waals surface area contributed by atoms with Crippen molar-refractivity contribution in [1.82, 2.24) is 4.90 Å². The highest BCUT2D eigenvalue weighted by atomic mass is 32.1. The third-order valence-corrected chi connectivity index (χ3v) is 17.6. The Hall–Kier alpha value is -3.71. The van der Waals surface area contributed by atoms with Gasteiger partial charge in [-0.1, -0.05) is 96.1 Å². The van der Waals surface area contributed by atoms with E-state index in [0.29, 0.717) is 23.2 Å². The van der Waals surface area contributed by atoms with Crippen LogP contribution in [0.15, 0.2) is 91.0 Å². The molecule has 0 saturated carbocycles. The molecule has 0 N–H and O–H groups in total. The van der Waals surface area contributed by atoms with Crippen LogP contribution in [0, 0.1) is 6.92 Å². The molecule has 1 aliphatic rings. The van der Waals surface area contributed by atoms with E-state index in [0.717, 1.165) is 68.4 Å². The number of hydrogen-bond donors (Lipinski definition) is 0. The largest absolute Gasteiger partial charge is 0.542 e. The van der Waals surface area contributed by atoms with Gasteiger partial charge in [0.1, 0.15) is 18.1 Å². The fraction of sp³-hybridized carbons (Fsp3) is 0.372. The number of carbonyl (C=O) groups excluding carboxylic acids is 1. The van der Waals surface area contributed by atoms with Gasteiger partial charge in [-0.15, -0.1) is 11.3 Å². The number of ether oxygens (including phenoxy) is 1. The summed E-state index contributed by atoms with van der Waals surface area (Å²) >= 11 is 1.66. The molecular weight excluding hydrogens is 639 g/mol. The number of nitrogens with zero attached hydrogens (tertiary/aromatic N) is 1. The molecule has 5 aromatic rings. The van der Waals surface area contributed by atoms with Crippen molar-refractivity contribution in [2.45, 2.75) is 91.1 Å². The lowest BCUT2D eigenvalue weighted by Crippen LogP contribution is -2.50. The number of fused-ring (bicyclic) bond motifs is 1. The van der Waals surface area contributed by atoms with Crippen molar-refractivity contribution in [2.24, 2.45) is 0 Å². The van der Waals surface area contributed by atoms with E-state index in [1.807, 2.05) is 30.3 Å². The Kier molecular flexibility index (Phi) is 10.8. The molecule has 1 fully saturated rings. The normalized spacial score (nSPS) is 14.0. The predicted molar refractivity (Wildman–Crippen MR) is 209 cm³/mol. The first-order chi connectivity index (χ1) is 23.6. The molecule has 0 unspecified atom stereocenters. The van der Waals surface area contributed by atoms with Crippen molar-refractivity contribution >= 4 is 35.5 Å². The molecule has 0 atom stereocenters. The second-order valence-corrected chi connectivity index (χ2v) is 21.0. The molecule has 0 bridgehead atoms. The van der Waals surface area contributed by atoms with Gasteiger partial charge in [-0.2, -0.15) is 0 Å². The van der Waals surface area contributed by atoms with E-state index in [1.165, 1.54) is 24.0 Å². The average molecular weight is 690 g/mol. The van der Waals surface area contributed by atoms with Gasteiger partial charge < -0.3 is 9.16 Å². The van der Waals surface area contributed by atoms with Gasteiger partial charge in [0.2, 0.25) is 0 Å². The number of thiophene rings is 1. The maximum atomic E-state index is 14.8. The lowest BCUT2D eigenvalue weighted by atomic mass is 9.95. The van der Waals surface area contributed by atoms with Crippen molar-refractivity contribution < 1.29 is 14.0 Å². The number of rotatable bonds is 13. The van der Waals surface area contributed by atoms with E-state index < -0.39 is 8.32 Å². The Morgan fingerprint density at radius 2 is 1.49 bits per heavy atom. The van der Waals surface area contributed by atoms with E-state index in [9.17, 15) is 4.79 Å². The van der Waals surface area contributed by atoms with Crippen molar-refractivity contribution in [1.29, 1.82) is 0 Å². The van der Waals surface area contributed by atoms with Crippen molar-refractivity contribution in [2.75, 3.05) is 13.1 Å². The number of ketones is 1. The summed E-state index contributed by atoms with van der Waals surface area (Å²) in [7, 11) is -2.27. The van der Waals surface area contributed by atoms with Gasteiger partial charge in [-0.3, -0.25) is 9.69 Å². The van der Waals surface area contributed by atoms with Gasteiger partial charge in [0, 0.05) is 33.3 Å². The molecule has 0 spiro atoms. The van der Waals surface area contributed by atoms with E-state index >= 15 is 0 Å². The Labute approximate surface area is 298 Å². The van der Waals surface area contributed by atoms with Crippen LogP contribution in [0.2, 0.25) is 16.6 Å². The van der Waals surface area contributed by atoms with Crippen LogP contribution >= 0.6 is 11.3 Å². The summed E-state index contributed by atoms with van der Waals surface area (Å²) in [4.78, 5) is 18.2. The number of aryl methyl sites for hydroxylation is 1. The number of benzene rings is 4. The van der Waals surface area contributed by atoms with Gasteiger partial charge in [0.15, 0.2) is 5.78 Å². The molecule has 6 heteroatoms. The highest BCUT2D eigenvalue weighted by Crippen LogP contribution is 2.48. The minimum Gasteiger partial charge on any atom is -0.542 e. The summed E-state index contributed by atoms with van der Waals surface area (Å²) in [6.07, 6.45) is 2.53. The van der Waals surface area contributed by atoms with Crippen LogP contribution in [0.1, 0.15) is 87.0 Å². The van der Waals surface area contributed by atoms with E-state index in [-0.39, 0.29) is 5.78 Å². The topological polar surface area (TPSA) is 38.8 Å². The molecule has 1 aromatic heterocycles. The van der Waals surface area contributed by atoms with Gasteiger partial charge >= 0.3 is 0 Å². The van der Waals surface area contributed by atoms with Crippen LogP contribution < -0.4 is 9.16 Å². The number of likely N-dealkylation sites (tertiary alicyclic amines) is 1. The fourth-order valence-electron chi connectivity index (χ4n) is 7.95. The molecular formula is C43H51NO3SSi. The zero-order valence-corrected chi connectivity index (χ0v) is 32.0. The van der Waals surface area contributed by atoms with Crippen LogP contribution in [-0.2, 0) is 13.2 Å². The van der Waals surface area contributed by atoms with E-state index in [1.54, 1.807) is 11.3 Å². The molecule has 0 aliphatic carbocycles. The third kappa shape index (κ3) is 7.28. The summed E-state index contributed by atoms with van der Waals surface area (Å²) in [5.74, 6) is 1.72. The first-order valence-electron chi connectivity index (χ1n) is 18.0. The first-order valence-corrected chi connectivity index (χ1v) is 20.9. The molecule has 49 heavy (non-hydrogen) atoms. The van der Waals surface area contributed by atoms with Gasteiger partial charge in [-0.05, 0) is 103 Å². The Balaban J connectivity index is 1.45. The van der Waals surface area contributed by atoms with Crippen molar-refractivity contribution in [3.05, 3.63) is 119 Å². The van der Waals surface area contributed by atoms with E-state index in [4.69, 9.17) is 9.16 Å². The summed E-state index contributed by atoms with van der Waals surface area (Å²) in [6, 6.07) is 31.0. The van der Waals surface area contributed by atoms with E-state index in [2.05, 4.69) is 114 Å². The summed E-state index contributed by atoms with van der Waals surface area (Å²) in [5, 5.41) is 0.950. The molecule has 1 aliphatic heterocycles. The van der Waals surface area contributed by atoms with Gasteiger partial charge in [0.25, 0.3) is 8.32 Å². The fourth-order valence-corrected chi connectivity index (χ4v) is 14.5. The number of hydrogen-bond acceptors (Lipinski definition) is 5. The zero-order valence-electron chi connectivity index (χ0n) is 30.2. The Morgan fingerprint density at radius 3 is 2.16 bits per heavy atom. The van der Waals surface area contributed by atoms with Crippen LogP contribution in [-0.4, -0.2) is 32.1 Å². The molecule has 0 radical (unpaired) electrons. The average Bonchev–Trinajstić information content (AvgIpc) is 3.74. The van der Waals surface area contributed by atoms with Crippen molar-refractivity contribution in [3.8, 4) is 21.9 Å². The maximum absolute atomic E-state index is 14.8. The summed E-state index contributed by atoms with van der Waals surface area (Å²) < 4.78 is 14.6. The Morgan fingerprint density at radius 1 is 0.816 bits per heavy atom. The second kappa shape index (κ2) is 15.0. The van der Waals surface area contributed by atoms with Crippen LogP contribution in [0.4, 0.5) is 0 Å². The summed E-state index contributed by atoms with van der Waals surface area (Å²) in [5.41, 5.74) is 7.31. The molecule has 256 valence electrons. The highest BCUT2D eigenvalue weighted by Gasteiger charge is 2.47. The lowest BCUT2D eigenvalue weighted by molar-refractivity contribution is 0.104. The molecule has 0 amide bonds. The quantitative estimate of drug-likeness (QED) is 0.0911. The molecule has 4 aromatic carbocycles. The smallest absolute Gasteiger partial charge is 0.258 e. The standard InChI is InChI=1S/C43H51NO3SSi/c1-29(2)49(30(3)4,31(5)6)47-39-18-12-11-17-37(39)43-41(42(45)34-19-20-35(32(7)25-34)27-44-23-13-14-24-44)38-22-21-36(26-40(38)48-43)46-28-33-15-9-8-10-16-33/h8-12,15-22,25-26,29-31H,13-14,23-24,27-28H2,1-7H3. The molecule has 4 nitrogen and oxygen atoms in total. The minimum atomic E-state index is -2.27.